The van der Waals surface area contributed by atoms with Crippen molar-refractivity contribution >= 4 is 0 Å². The van der Waals surface area contributed by atoms with Crippen molar-refractivity contribution in [3.05, 3.63) is 29.8 Å². The highest BCUT2D eigenvalue weighted by Gasteiger charge is 2.02. The van der Waals surface area contributed by atoms with Crippen molar-refractivity contribution < 1.29 is 4.74 Å². The zero-order valence-electron chi connectivity index (χ0n) is 12.8. The van der Waals surface area contributed by atoms with Crippen LogP contribution >= 0.6 is 0 Å². The minimum absolute atomic E-state index is 0.555. The van der Waals surface area contributed by atoms with Gasteiger partial charge in [-0.15, -0.1) is 0 Å². The zero-order chi connectivity index (χ0) is 14.1. The monoisotopic (exact) mass is 264 g/mol. The van der Waals surface area contributed by atoms with E-state index >= 15 is 0 Å². The van der Waals surface area contributed by atoms with Crippen LogP contribution in [0, 0.1) is 0 Å². The lowest BCUT2D eigenvalue weighted by molar-refractivity contribution is 0.310. The molecule has 0 aliphatic heterocycles. The maximum Gasteiger partial charge on any atom is 0.119 e. The molecule has 0 aromatic heterocycles. The molecule has 0 unspecified atom stereocenters. The number of rotatable bonds is 9. The molecule has 1 aromatic rings. The Morgan fingerprint density at radius 3 is 2.79 bits per heavy atom. The number of ether oxygens (including phenoxy) is 1. The summed E-state index contributed by atoms with van der Waals surface area (Å²) in [7, 11) is 2.15. The third-order valence-corrected chi connectivity index (χ3v) is 2.87. The number of benzene rings is 1. The first-order chi connectivity index (χ1) is 9.11. The molecule has 0 aliphatic carbocycles. The maximum absolute atomic E-state index is 5.66. The Labute approximate surface area is 118 Å². The van der Waals surface area contributed by atoms with Gasteiger partial charge in [-0.1, -0.05) is 32.9 Å². The van der Waals surface area contributed by atoms with Crippen molar-refractivity contribution in [2.75, 3.05) is 26.7 Å². The number of hydrogen-bond donors (Lipinski definition) is 1. The summed E-state index contributed by atoms with van der Waals surface area (Å²) < 4.78 is 5.66. The van der Waals surface area contributed by atoms with Gasteiger partial charge in [-0.25, -0.2) is 0 Å². The highest BCUT2D eigenvalue weighted by molar-refractivity contribution is 5.28. The normalized spacial score (nSPS) is 11.3. The van der Waals surface area contributed by atoms with Crippen LogP contribution in [0.25, 0.3) is 0 Å². The van der Waals surface area contributed by atoms with Gasteiger partial charge in [0.05, 0.1) is 6.61 Å². The molecular formula is C16H28N2O. The van der Waals surface area contributed by atoms with E-state index < -0.39 is 0 Å². The first-order valence-electron chi connectivity index (χ1n) is 7.25. The average molecular weight is 264 g/mol. The largest absolute Gasteiger partial charge is 0.494 e. The molecule has 0 fully saturated rings. The zero-order valence-corrected chi connectivity index (χ0v) is 12.8. The van der Waals surface area contributed by atoms with Crippen molar-refractivity contribution in [1.82, 2.24) is 10.2 Å². The minimum atomic E-state index is 0.555. The van der Waals surface area contributed by atoms with Gasteiger partial charge >= 0.3 is 0 Å². The van der Waals surface area contributed by atoms with Crippen LogP contribution in [-0.2, 0) is 6.54 Å². The molecule has 108 valence electrons. The number of likely N-dealkylation sites (N-methyl/N-ethyl adjacent to an activating group) is 1. The average Bonchev–Trinajstić information content (AvgIpc) is 2.36. The summed E-state index contributed by atoms with van der Waals surface area (Å²) in [5.74, 6) is 0.980. The molecule has 0 spiro atoms. The van der Waals surface area contributed by atoms with E-state index in [0.29, 0.717) is 6.04 Å². The van der Waals surface area contributed by atoms with Gasteiger partial charge < -0.3 is 15.0 Å². The maximum atomic E-state index is 5.66. The summed E-state index contributed by atoms with van der Waals surface area (Å²) >= 11 is 0. The summed E-state index contributed by atoms with van der Waals surface area (Å²) in [5, 5.41) is 3.44. The fraction of sp³-hybridized carbons (Fsp3) is 0.625. The lowest BCUT2D eigenvalue weighted by atomic mass is 10.2. The van der Waals surface area contributed by atoms with Crippen LogP contribution in [0.3, 0.4) is 0 Å². The van der Waals surface area contributed by atoms with Crippen LogP contribution in [-0.4, -0.2) is 37.7 Å². The second kappa shape index (κ2) is 8.94. The van der Waals surface area contributed by atoms with E-state index in [9.17, 15) is 0 Å². The van der Waals surface area contributed by atoms with E-state index in [-0.39, 0.29) is 0 Å². The van der Waals surface area contributed by atoms with Crippen LogP contribution in [0.4, 0.5) is 0 Å². The topological polar surface area (TPSA) is 24.5 Å². The Hall–Kier alpha value is -1.06. The summed E-state index contributed by atoms with van der Waals surface area (Å²) in [6, 6.07) is 8.95. The van der Waals surface area contributed by atoms with E-state index in [1.165, 1.54) is 5.56 Å². The highest BCUT2D eigenvalue weighted by atomic mass is 16.5. The molecule has 3 heteroatoms. The smallest absolute Gasteiger partial charge is 0.119 e. The second-order valence-electron chi connectivity index (χ2n) is 5.34. The van der Waals surface area contributed by atoms with Gasteiger partial charge in [0, 0.05) is 25.7 Å². The van der Waals surface area contributed by atoms with Gasteiger partial charge in [-0.2, -0.15) is 0 Å². The van der Waals surface area contributed by atoms with Crippen molar-refractivity contribution in [3.63, 3.8) is 0 Å². The predicted molar refractivity (Wildman–Crippen MR) is 81.7 cm³/mol. The molecule has 0 bridgehead atoms. The van der Waals surface area contributed by atoms with Crippen LogP contribution in [0.1, 0.15) is 32.8 Å². The highest BCUT2D eigenvalue weighted by Crippen LogP contribution is 2.14. The first kappa shape index (κ1) is 16.0. The Balaban J connectivity index is 2.38. The molecule has 0 aliphatic rings. The fourth-order valence-electron chi connectivity index (χ4n) is 1.89. The van der Waals surface area contributed by atoms with E-state index in [2.05, 4.69) is 56.2 Å². The van der Waals surface area contributed by atoms with Crippen molar-refractivity contribution in [3.8, 4) is 5.75 Å². The predicted octanol–water partition coefficient (Wildman–Crippen LogP) is 2.91. The summed E-state index contributed by atoms with van der Waals surface area (Å²) in [4.78, 5) is 2.33. The quantitative estimate of drug-likeness (QED) is 0.742. The number of hydrogen-bond acceptors (Lipinski definition) is 3. The van der Waals surface area contributed by atoms with Crippen molar-refractivity contribution in [2.45, 2.75) is 39.8 Å². The fourth-order valence-corrected chi connectivity index (χ4v) is 1.89. The van der Waals surface area contributed by atoms with E-state index in [4.69, 9.17) is 4.74 Å². The molecule has 0 amide bonds. The molecule has 1 rings (SSSR count). The van der Waals surface area contributed by atoms with Crippen LogP contribution in [0.2, 0.25) is 0 Å². The van der Waals surface area contributed by atoms with Gasteiger partial charge in [0.15, 0.2) is 0 Å². The van der Waals surface area contributed by atoms with E-state index in [0.717, 1.165) is 38.4 Å². The standard InChI is InChI=1S/C16H28N2O/c1-5-11-19-16-8-6-7-15(12-16)13-18(4)10-9-17-14(2)3/h6-8,12,14,17H,5,9-11,13H2,1-4H3. The number of nitrogens with one attached hydrogen (secondary N) is 1. The Morgan fingerprint density at radius 2 is 2.11 bits per heavy atom. The molecule has 0 saturated carbocycles. The summed E-state index contributed by atoms with van der Waals surface area (Å²) in [5.41, 5.74) is 1.31. The molecule has 3 nitrogen and oxygen atoms in total. The lowest BCUT2D eigenvalue weighted by Crippen LogP contribution is -2.32. The molecule has 1 N–H and O–H groups in total. The lowest BCUT2D eigenvalue weighted by Gasteiger charge is -2.18. The van der Waals surface area contributed by atoms with Gasteiger partial charge in [0.1, 0.15) is 5.75 Å². The van der Waals surface area contributed by atoms with Gasteiger partial charge in [-0.05, 0) is 31.2 Å². The Bertz CT molecular complexity index is 352. The van der Waals surface area contributed by atoms with Gasteiger partial charge in [0.2, 0.25) is 0 Å². The summed E-state index contributed by atoms with van der Waals surface area (Å²) in [6.45, 7) is 10.3. The molecular weight excluding hydrogens is 236 g/mol. The Kier molecular flexibility index (Phi) is 7.53. The molecule has 0 atom stereocenters. The van der Waals surface area contributed by atoms with Crippen molar-refractivity contribution in [1.29, 1.82) is 0 Å². The summed E-state index contributed by atoms with van der Waals surface area (Å²) in [6.07, 6.45) is 1.05. The minimum Gasteiger partial charge on any atom is -0.494 e. The molecule has 1 aromatic carbocycles. The SMILES string of the molecule is CCCOc1cccc(CN(C)CCNC(C)C)c1. The van der Waals surface area contributed by atoms with Crippen molar-refractivity contribution in [2.24, 2.45) is 0 Å². The first-order valence-corrected chi connectivity index (χ1v) is 7.25. The number of nitrogens with zero attached hydrogens (tertiary/aromatic N) is 1. The van der Waals surface area contributed by atoms with E-state index in [1.54, 1.807) is 0 Å². The van der Waals surface area contributed by atoms with Gasteiger partial charge in [-0.3, -0.25) is 0 Å². The molecule has 0 radical (unpaired) electrons. The molecule has 19 heavy (non-hydrogen) atoms. The van der Waals surface area contributed by atoms with E-state index in [1.807, 2.05) is 6.07 Å². The third-order valence-electron chi connectivity index (χ3n) is 2.87. The molecule has 0 heterocycles. The molecule has 0 saturated heterocycles. The third kappa shape index (κ3) is 7.19. The van der Waals surface area contributed by atoms with Crippen LogP contribution in [0.5, 0.6) is 5.75 Å². The second-order valence-corrected chi connectivity index (χ2v) is 5.34. The van der Waals surface area contributed by atoms with Crippen LogP contribution < -0.4 is 10.1 Å². The van der Waals surface area contributed by atoms with Crippen LogP contribution in [0.15, 0.2) is 24.3 Å². The van der Waals surface area contributed by atoms with Gasteiger partial charge in [0.25, 0.3) is 0 Å². The Morgan fingerprint density at radius 1 is 1.32 bits per heavy atom.